The van der Waals surface area contributed by atoms with E-state index in [4.69, 9.17) is 14.6 Å². The van der Waals surface area contributed by atoms with Crippen molar-refractivity contribution in [3.63, 3.8) is 0 Å². The van der Waals surface area contributed by atoms with Crippen LogP contribution >= 0.6 is 0 Å². The van der Waals surface area contributed by atoms with E-state index in [0.29, 0.717) is 4.68 Å². The number of anilines is 1. The molecule has 1 amide bonds. The minimum atomic E-state index is -1.45. The van der Waals surface area contributed by atoms with Gasteiger partial charge in [0.25, 0.3) is 5.91 Å². The monoisotopic (exact) mass is 319 g/mol. The summed E-state index contributed by atoms with van der Waals surface area (Å²) in [6.07, 6.45) is 0.0987. The van der Waals surface area contributed by atoms with Crippen LogP contribution in [0.1, 0.15) is 21.0 Å². The first-order chi connectivity index (χ1) is 10.9. The first-order valence-corrected chi connectivity index (χ1v) is 6.17. The predicted octanol–water partition coefficient (Wildman–Crippen LogP) is 0.839. The zero-order chi connectivity index (χ0) is 16.7. The van der Waals surface area contributed by atoms with Gasteiger partial charge in [-0.15, -0.1) is 5.10 Å². The van der Waals surface area contributed by atoms with Crippen LogP contribution in [0.2, 0.25) is 0 Å². The molecule has 3 rings (SSSR count). The molecule has 0 unspecified atom stereocenters. The number of carbonyl (C=O) groups is 3. The Morgan fingerprint density at radius 1 is 1.26 bits per heavy atom. The van der Waals surface area contributed by atoms with E-state index in [0.717, 1.165) is 6.07 Å². The van der Waals surface area contributed by atoms with Gasteiger partial charge in [0.1, 0.15) is 5.52 Å². The van der Waals surface area contributed by atoms with E-state index >= 15 is 0 Å². The highest BCUT2D eigenvalue weighted by atomic mass is 16.4. The van der Waals surface area contributed by atoms with Gasteiger partial charge in [-0.25, -0.2) is 9.59 Å². The molecule has 0 aliphatic heterocycles. The summed E-state index contributed by atoms with van der Waals surface area (Å²) in [5, 5.41) is 27.9. The van der Waals surface area contributed by atoms with Gasteiger partial charge in [0, 0.05) is 19.3 Å². The summed E-state index contributed by atoms with van der Waals surface area (Å²) in [5.41, 5.74) is -0.171. The van der Waals surface area contributed by atoms with Gasteiger partial charge >= 0.3 is 12.1 Å². The lowest BCUT2D eigenvalue weighted by atomic mass is 10.4. The van der Waals surface area contributed by atoms with Crippen LogP contribution in [0.3, 0.4) is 0 Å². The molecular weight excluding hydrogens is 310 g/mol. The molecule has 0 spiro atoms. The molecule has 0 aliphatic carbocycles. The smallest absolute Gasteiger partial charge is 0.432 e. The van der Waals surface area contributed by atoms with Crippen LogP contribution in [0.15, 0.2) is 22.7 Å². The highest BCUT2D eigenvalue weighted by Crippen LogP contribution is 2.27. The molecule has 3 N–H and O–H groups in total. The third-order valence-corrected chi connectivity index (χ3v) is 2.93. The second kappa shape index (κ2) is 4.98. The van der Waals surface area contributed by atoms with Gasteiger partial charge in [0.15, 0.2) is 17.1 Å². The molecule has 0 aromatic carbocycles. The summed E-state index contributed by atoms with van der Waals surface area (Å²) in [7, 11) is 1.62. The Labute approximate surface area is 126 Å². The quantitative estimate of drug-likeness (QED) is 0.642. The number of hydrogen-bond donors (Lipinski definition) is 3. The average molecular weight is 319 g/mol. The van der Waals surface area contributed by atoms with Gasteiger partial charge in [-0.05, 0) is 6.07 Å². The lowest BCUT2D eigenvalue weighted by molar-refractivity contribution is 0.0665. The van der Waals surface area contributed by atoms with Gasteiger partial charge in [0.2, 0.25) is 5.76 Å². The van der Waals surface area contributed by atoms with Crippen LogP contribution < -0.4 is 5.32 Å². The number of amides is 1. The third kappa shape index (κ3) is 2.39. The normalized spacial score (nSPS) is 10.8. The zero-order valence-electron chi connectivity index (χ0n) is 11.5. The molecule has 0 saturated carbocycles. The number of carboxylic acids is 1. The number of nitrogens with one attached hydrogen (secondary N) is 1. The van der Waals surface area contributed by atoms with E-state index in [1.165, 1.54) is 10.7 Å². The van der Waals surface area contributed by atoms with Crippen molar-refractivity contribution in [2.45, 2.75) is 0 Å². The molecule has 3 aromatic heterocycles. The lowest BCUT2D eigenvalue weighted by Gasteiger charge is -1.98. The van der Waals surface area contributed by atoms with E-state index in [-0.39, 0.29) is 22.6 Å². The van der Waals surface area contributed by atoms with Crippen molar-refractivity contribution >= 4 is 34.9 Å². The molecule has 0 radical (unpaired) electrons. The Bertz CT molecular complexity index is 949. The van der Waals surface area contributed by atoms with Crippen molar-refractivity contribution in [2.24, 2.45) is 7.05 Å². The van der Waals surface area contributed by atoms with Crippen molar-refractivity contribution in [1.29, 1.82) is 0 Å². The Morgan fingerprint density at radius 2 is 2.00 bits per heavy atom. The van der Waals surface area contributed by atoms with E-state index < -0.39 is 23.7 Å². The molecule has 11 heteroatoms. The number of aryl methyl sites for hydroxylation is 1. The van der Waals surface area contributed by atoms with E-state index in [1.54, 1.807) is 13.2 Å². The molecule has 11 nitrogen and oxygen atoms in total. The highest BCUT2D eigenvalue weighted by Gasteiger charge is 2.24. The summed E-state index contributed by atoms with van der Waals surface area (Å²) < 4.78 is 6.97. The number of carboxylic acid groups (broad SMARTS) is 2. The Kier molecular flexibility index (Phi) is 3.10. The van der Waals surface area contributed by atoms with Crippen molar-refractivity contribution in [3.05, 3.63) is 29.8 Å². The van der Waals surface area contributed by atoms with Crippen molar-refractivity contribution in [1.82, 2.24) is 19.6 Å². The van der Waals surface area contributed by atoms with E-state index in [1.807, 2.05) is 0 Å². The number of aromatic nitrogens is 4. The fraction of sp³-hybridized carbons (Fsp3) is 0.0833. The van der Waals surface area contributed by atoms with Gasteiger partial charge in [-0.1, -0.05) is 0 Å². The van der Waals surface area contributed by atoms with Crippen LogP contribution in [0.4, 0.5) is 10.6 Å². The maximum atomic E-state index is 12.0. The number of rotatable bonds is 3. The lowest BCUT2D eigenvalue weighted by Crippen LogP contribution is -2.15. The van der Waals surface area contributed by atoms with Crippen LogP contribution in [0, 0.1) is 0 Å². The Hall–Kier alpha value is -3.63. The molecule has 23 heavy (non-hydrogen) atoms. The standard InChI is InChI=1S/C12H9N5O6/c1-16-3-2-5(14-16)10(18)13-9-8-6(17(15-9)12(21)22)4-7(23-8)11(19)20/h2-4H,1H3,(H,19,20)(H,21,22)(H,13,15,18). The van der Waals surface area contributed by atoms with Gasteiger partial charge in [0.05, 0.1) is 0 Å². The number of fused-ring (bicyclic) bond motifs is 1. The SMILES string of the molecule is Cn1ccc(C(=O)Nc2nn(C(=O)O)c3cc(C(=O)O)oc23)n1. The topological polar surface area (TPSA) is 152 Å². The Balaban J connectivity index is 2.04. The van der Waals surface area contributed by atoms with Gasteiger partial charge in [-0.3, -0.25) is 9.48 Å². The van der Waals surface area contributed by atoms with Gasteiger partial charge in [-0.2, -0.15) is 9.78 Å². The maximum absolute atomic E-state index is 12.0. The second-order valence-electron chi connectivity index (χ2n) is 4.50. The first-order valence-electron chi connectivity index (χ1n) is 6.17. The number of nitrogens with zero attached hydrogens (tertiary/aromatic N) is 4. The minimum absolute atomic E-state index is 0.0792. The highest BCUT2D eigenvalue weighted by molar-refractivity contribution is 6.07. The van der Waals surface area contributed by atoms with Crippen LogP contribution in [-0.4, -0.2) is 47.7 Å². The van der Waals surface area contributed by atoms with Gasteiger partial charge < -0.3 is 19.9 Å². The van der Waals surface area contributed by atoms with E-state index in [2.05, 4.69) is 15.5 Å². The van der Waals surface area contributed by atoms with Crippen LogP contribution in [0.25, 0.3) is 11.1 Å². The second-order valence-corrected chi connectivity index (χ2v) is 4.50. The maximum Gasteiger partial charge on any atom is 0.432 e. The molecule has 0 atom stereocenters. The van der Waals surface area contributed by atoms with Crippen molar-refractivity contribution in [2.75, 3.05) is 5.32 Å². The van der Waals surface area contributed by atoms with E-state index in [9.17, 15) is 14.4 Å². The molecule has 3 heterocycles. The number of hydrogen-bond acceptors (Lipinski definition) is 6. The summed E-state index contributed by atoms with van der Waals surface area (Å²) >= 11 is 0. The summed E-state index contributed by atoms with van der Waals surface area (Å²) in [5.74, 6) is -2.71. The molecule has 3 aromatic rings. The molecule has 0 saturated heterocycles. The average Bonchev–Trinajstić information content (AvgIpc) is 3.14. The third-order valence-electron chi connectivity index (χ3n) is 2.93. The summed E-state index contributed by atoms with van der Waals surface area (Å²) in [6.45, 7) is 0. The summed E-state index contributed by atoms with van der Waals surface area (Å²) in [4.78, 5) is 34.1. The predicted molar refractivity (Wildman–Crippen MR) is 73.5 cm³/mol. The summed E-state index contributed by atoms with van der Waals surface area (Å²) in [6, 6.07) is 2.46. The molecule has 0 bridgehead atoms. The minimum Gasteiger partial charge on any atom is -0.475 e. The fourth-order valence-electron chi connectivity index (χ4n) is 1.95. The largest absolute Gasteiger partial charge is 0.475 e. The van der Waals surface area contributed by atoms with Crippen LogP contribution in [0.5, 0.6) is 0 Å². The van der Waals surface area contributed by atoms with Crippen molar-refractivity contribution < 1.29 is 29.0 Å². The first kappa shape index (κ1) is 14.3. The zero-order valence-corrected chi connectivity index (χ0v) is 11.5. The van der Waals surface area contributed by atoms with Crippen LogP contribution in [-0.2, 0) is 7.05 Å². The fourth-order valence-corrected chi connectivity index (χ4v) is 1.95. The van der Waals surface area contributed by atoms with Crippen molar-refractivity contribution in [3.8, 4) is 0 Å². The number of carbonyl (C=O) groups excluding carboxylic acids is 1. The number of aromatic carboxylic acids is 1. The molecule has 0 fully saturated rings. The molecular formula is C12H9N5O6. The number of furan rings is 1. The Morgan fingerprint density at radius 3 is 2.57 bits per heavy atom. The molecule has 118 valence electrons. The molecule has 0 aliphatic rings.